The fourth-order valence-electron chi connectivity index (χ4n) is 0.977. The van der Waals surface area contributed by atoms with E-state index in [4.69, 9.17) is 5.73 Å². The molecule has 0 heterocycles. The van der Waals surface area contributed by atoms with Crippen LogP contribution in [0.3, 0.4) is 0 Å². The first-order valence-corrected chi connectivity index (χ1v) is 5.00. The van der Waals surface area contributed by atoms with E-state index in [-0.39, 0.29) is 12.5 Å². The molecule has 4 heteroatoms. The van der Waals surface area contributed by atoms with Gasteiger partial charge in [0.05, 0.1) is 6.54 Å². The number of rotatable bonds is 4. The Bertz CT molecular complexity index is 301. The summed E-state index contributed by atoms with van der Waals surface area (Å²) in [4.78, 5) is 10.4. The molecular formula is C9H11IN2O. The number of carbonyl (C=O) groups is 1. The van der Waals surface area contributed by atoms with Gasteiger partial charge in [0.1, 0.15) is 0 Å². The predicted octanol–water partition coefficient (Wildman–Crippen LogP) is 0.866. The van der Waals surface area contributed by atoms with Crippen molar-refractivity contribution in [3.05, 3.63) is 33.4 Å². The number of hydrogen-bond donors (Lipinski definition) is 2. The van der Waals surface area contributed by atoms with Gasteiger partial charge in [0.2, 0.25) is 5.91 Å². The van der Waals surface area contributed by atoms with Crippen LogP contribution in [-0.2, 0) is 11.3 Å². The molecule has 1 amide bonds. The van der Waals surface area contributed by atoms with Gasteiger partial charge in [-0.2, -0.15) is 0 Å². The summed E-state index contributed by atoms with van der Waals surface area (Å²) in [6.45, 7) is 0.908. The summed E-state index contributed by atoms with van der Waals surface area (Å²) in [7, 11) is 0. The second-order valence-electron chi connectivity index (χ2n) is 2.70. The second-order valence-corrected chi connectivity index (χ2v) is 3.95. The van der Waals surface area contributed by atoms with E-state index in [0.29, 0.717) is 6.54 Å². The summed E-state index contributed by atoms with van der Waals surface area (Å²) in [5, 5.41) is 2.95. The van der Waals surface area contributed by atoms with Crippen molar-refractivity contribution in [1.82, 2.24) is 5.32 Å². The van der Waals surface area contributed by atoms with Crippen LogP contribution in [0.25, 0.3) is 0 Å². The number of nitrogens with one attached hydrogen (secondary N) is 1. The maximum Gasteiger partial charge on any atom is 0.231 e. The summed E-state index contributed by atoms with van der Waals surface area (Å²) >= 11 is 2.25. The molecule has 0 unspecified atom stereocenters. The average Bonchev–Trinajstić information content (AvgIpc) is 2.03. The van der Waals surface area contributed by atoms with Crippen molar-refractivity contribution in [1.29, 1.82) is 0 Å². The SMILES string of the molecule is NC(=O)CNCc1cccc(I)c1. The van der Waals surface area contributed by atoms with E-state index < -0.39 is 0 Å². The summed E-state index contributed by atoms with van der Waals surface area (Å²) in [5.41, 5.74) is 6.14. The zero-order valence-corrected chi connectivity index (χ0v) is 9.24. The fraction of sp³-hybridized carbons (Fsp3) is 0.222. The Kier molecular flexibility index (Phi) is 4.17. The molecule has 0 fully saturated rings. The molecule has 1 rings (SSSR count). The number of hydrogen-bond acceptors (Lipinski definition) is 2. The van der Waals surface area contributed by atoms with E-state index in [1.54, 1.807) is 0 Å². The molecule has 0 radical (unpaired) electrons. The van der Waals surface area contributed by atoms with Gasteiger partial charge in [-0.1, -0.05) is 12.1 Å². The summed E-state index contributed by atoms with van der Waals surface area (Å²) in [5.74, 6) is -0.328. The normalized spacial score (nSPS) is 9.92. The van der Waals surface area contributed by atoms with Gasteiger partial charge >= 0.3 is 0 Å². The molecule has 0 aliphatic rings. The van der Waals surface area contributed by atoms with Crippen molar-refractivity contribution in [2.75, 3.05) is 6.54 Å². The molecule has 0 spiro atoms. The van der Waals surface area contributed by atoms with Crippen molar-refractivity contribution >= 4 is 28.5 Å². The minimum absolute atomic E-state index is 0.228. The minimum atomic E-state index is -0.328. The highest BCUT2D eigenvalue weighted by molar-refractivity contribution is 14.1. The highest BCUT2D eigenvalue weighted by atomic mass is 127. The van der Waals surface area contributed by atoms with Crippen molar-refractivity contribution in [2.24, 2.45) is 5.73 Å². The van der Waals surface area contributed by atoms with Gasteiger partial charge in [-0.15, -0.1) is 0 Å². The van der Waals surface area contributed by atoms with Crippen LogP contribution in [0.1, 0.15) is 5.56 Å². The summed E-state index contributed by atoms with van der Waals surface area (Å²) in [6, 6.07) is 8.09. The Morgan fingerprint density at radius 2 is 2.31 bits per heavy atom. The zero-order valence-electron chi connectivity index (χ0n) is 7.09. The van der Waals surface area contributed by atoms with Gasteiger partial charge < -0.3 is 11.1 Å². The summed E-state index contributed by atoms with van der Waals surface area (Å²) < 4.78 is 1.19. The van der Waals surface area contributed by atoms with E-state index >= 15 is 0 Å². The van der Waals surface area contributed by atoms with E-state index in [0.717, 1.165) is 5.56 Å². The Morgan fingerprint density at radius 3 is 2.92 bits per heavy atom. The van der Waals surface area contributed by atoms with E-state index in [1.807, 2.05) is 18.2 Å². The third-order valence-electron chi connectivity index (χ3n) is 1.52. The summed E-state index contributed by atoms with van der Waals surface area (Å²) in [6.07, 6.45) is 0. The number of nitrogens with two attached hydrogens (primary N) is 1. The maximum absolute atomic E-state index is 10.4. The molecule has 0 bridgehead atoms. The maximum atomic E-state index is 10.4. The molecule has 70 valence electrons. The molecule has 0 aromatic heterocycles. The number of benzene rings is 1. The highest BCUT2D eigenvalue weighted by Crippen LogP contribution is 2.06. The third-order valence-corrected chi connectivity index (χ3v) is 2.19. The van der Waals surface area contributed by atoms with Crippen molar-refractivity contribution < 1.29 is 4.79 Å². The lowest BCUT2D eigenvalue weighted by molar-refractivity contribution is -0.117. The molecule has 0 atom stereocenters. The van der Waals surface area contributed by atoms with Crippen LogP contribution in [0.5, 0.6) is 0 Å². The zero-order chi connectivity index (χ0) is 9.68. The van der Waals surface area contributed by atoms with Crippen LogP contribution in [0.2, 0.25) is 0 Å². The predicted molar refractivity (Wildman–Crippen MR) is 60.1 cm³/mol. The quantitative estimate of drug-likeness (QED) is 0.808. The van der Waals surface area contributed by atoms with Gasteiger partial charge in [-0.25, -0.2) is 0 Å². The lowest BCUT2D eigenvalue weighted by Crippen LogP contribution is -2.28. The number of primary amides is 1. The number of halogens is 1. The van der Waals surface area contributed by atoms with Crippen LogP contribution in [0.15, 0.2) is 24.3 Å². The lowest BCUT2D eigenvalue weighted by Gasteiger charge is -2.02. The van der Waals surface area contributed by atoms with Crippen molar-refractivity contribution in [2.45, 2.75) is 6.54 Å². The van der Waals surface area contributed by atoms with Crippen molar-refractivity contribution in [3.63, 3.8) is 0 Å². The fourth-order valence-corrected chi connectivity index (χ4v) is 1.58. The first-order chi connectivity index (χ1) is 6.18. The standard InChI is InChI=1S/C9H11IN2O/c10-8-3-1-2-7(4-8)5-12-6-9(11)13/h1-4,12H,5-6H2,(H2,11,13). The van der Waals surface area contributed by atoms with Crippen LogP contribution in [0, 0.1) is 3.57 Å². The van der Waals surface area contributed by atoms with Crippen LogP contribution in [0.4, 0.5) is 0 Å². The van der Waals surface area contributed by atoms with Crippen molar-refractivity contribution in [3.8, 4) is 0 Å². The molecular weight excluding hydrogens is 279 g/mol. The van der Waals surface area contributed by atoms with E-state index in [1.165, 1.54) is 3.57 Å². The monoisotopic (exact) mass is 290 g/mol. The van der Waals surface area contributed by atoms with Gasteiger partial charge in [-0.3, -0.25) is 4.79 Å². The topological polar surface area (TPSA) is 55.1 Å². The first kappa shape index (κ1) is 10.5. The van der Waals surface area contributed by atoms with Gasteiger partial charge in [0, 0.05) is 10.1 Å². The lowest BCUT2D eigenvalue weighted by atomic mass is 10.2. The van der Waals surface area contributed by atoms with Crippen LogP contribution in [-0.4, -0.2) is 12.5 Å². The molecule has 1 aromatic rings. The number of amides is 1. The number of carbonyl (C=O) groups excluding carboxylic acids is 1. The van der Waals surface area contributed by atoms with Gasteiger partial charge in [0.25, 0.3) is 0 Å². The van der Waals surface area contributed by atoms with E-state index in [9.17, 15) is 4.79 Å². The molecule has 0 saturated heterocycles. The molecule has 0 aliphatic carbocycles. The molecule has 1 aromatic carbocycles. The molecule has 0 aliphatic heterocycles. The smallest absolute Gasteiger partial charge is 0.231 e. The van der Waals surface area contributed by atoms with Crippen LogP contribution >= 0.6 is 22.6 Å². The Labute approximate surface area is 90.8 Å². The Morgan fingerprint density at radius 1 is 1.54 bits per heavy atom. The average molecular weight is 290 g/mol. The van der Waals surface area contributed by atoms with E-state index in [2.05, 4.69) is 34.0 Å². The van der Waals surface area contributed by atoms with Gasteiger partial charge in [-0.05, 0) is 40.3 Å². The minimum Gasteiger partial charge on any atom is -0.369 e. The molecule has 3 N–H and O–H groups in total. The highest BCUT2D eigenvalue weighted by Gasteiger charge is 1.95. The second kappa shape index (κ2) is 5.18. The largest absolute Gasteiger partial charge is 0.369 e. The molecule has 13 heavy (non-hydrogen) atoms. The third kappa shape index (κ3) is 4.23. The Hall–Kier alpha value is -0.620. The van der Waals surface area contributed by atoms with Gasteiger partial charge in [0.15, 0.2) is 0 Å². The first-order valence-electron chi connectivity index (χ1n) is 3.92. The van der Waals surface area contributed by atoms with Crippen LogP contribution < -0.4 is 11.1 Å². The molecule has 3 nitrogen and oxygen atoms in total. The Balaban J connectivity index is 2.41. The molecule has 0 saturated carbocycles.